The van der Waals surface area contributed by atoms with Crippen molar-refractivity contribution in [1.82, 2.24) is 5.32 Å². The van der Waals surface area contributed by atoms with Crippen molar-refractivity contribution >= 4 is 17.9 Å². The van der Waals surface area contributed by atoms with Crippen LogP contribution in [0.25, 0.3) is 0 Å². The zero-order valence-corrected chi connectivity index (χ0v) is 19.0. The number of aliphatic hydroxyl groups excluding tert-OH is 2. The summed E-state index contributed by atoms with van der Waals surface area (Å²) in [7, 11) is 0. The van der Waals surface area contributed by atoms with Crippen LogP contribution in [0.1, 0.15) is 34.6 Å². The number of nitrogens with one attached hydrogen (secondary N) is 1. The summed E-state index contributed by atoms with van der Waals surface area (Å²) in [5, 5.41) is 38.7. The van der Waals surface area contributed by atoms with Crippen LogP contribution in [-0.4, -0.2) is 87.7 Å². The second kappa shape index (κ2) is 5.71. The Morgan fingerprint density at radius 2 is 1.70 bits per heavy atom. The standard InChI is InChI=1S/C22H29NO10/c1-6-23-8-9(18(3,4)5)19-11(25)15(27)32-17(19)33-22-16(28)31-12(8)20(19,22)10(24)13-21(22,29)7(2)14(26)30-13/h7-13,17,23-25,29H,6H2,1-5H3/t7-,8+,9+,10+,11+,12-,13+,17+,19-,20+,21-,22-/m1/s1. The number of carbonyl (C=O) groups excluding carboxylic acids is 3. The van der Waals surface area contributed by atoms with E-state index in [0.29, 0.717) is 6.54 Å². The lowest BCUT2D eigenvalue weighted by atomic mass is 9.51. The SMILES string of the molecule is CCN[C@@H]1[C@H]2OC(=O)[C@@]34O[C@@H]5OC(=O)[C@H](O)[C@@]5([C@@H]1C(C)(C)C)[C@]23[C@@H](O)[C@@H]1OC(=O)[C@@H](C)[C@@]14O. The molecule has 0 aromatic heterocycles. The van der Waals surface area contributed by atoms with Gasteiger partial charge in [0.2, 0.25) is 11.9 Å². The van der Waals surface area contributed by atoms with E-state index in [2.05, 4.69) is 5.32 Å². The minimum Gasteiger partial charge on any atom is -0.458 e. The van der Waals surface area contributed by atoms with E-state index in [-0.39, 0.29) is 0 Å². The van der Waals surface area contributed by atoms with Gasteiger partial charge in [0.15, 0.2) is 17.8 Å². The van der Waals surface area contributed by atoms with Crippen LogP contribution in [0.3, 0.4) is 0 Å². The molecule has 2 saturated carbocycles. The maximum absolute atomic E-state index is 13.7. The molecule has 4 heterocycles. The summed E-state index contributed by atoms with van der Waals surface area (Å²) < 4.78 is 23.0. The highest BCUT2D eigenvalue weighted by Gasteiger charge is 3.05. The summed E-state index contributed by atoms with van der Waals surface area (Å²) in [5.41, 5.74) is -8.64. The number of hydrogen-bond acceptors (Lipinski definition) is 11. The van der Waals surface area contributed by atoms with Gasteiger partial charge in [-0.2, -0.15) is 0 Å². The number of likely N-dealkylation sites (N-methyl/N-ethyl adjacent to an activating group) is 1. The molecule has 0 radical (unpaired) electrons. The minimum absolute atomic E-state index is 0.468. The molecule has 0 amide bonds. The maximum Gasteiger partial charge on any atom is 0.343 e. The van der Waals surface area contributed by atoms with Gasteiger partial charge in [0.25, 0.3) is 0 Å². The third kappa shape index (κ3) is 1.69. The van der Waals surface area contributed by atoms with Gasteiger partial charge in [-0.15, -0.1) is 0 Å². The van der Waals surface area contributed by atoms with E-state index in [4.69, 9.17) is 18.9 Å². The summed E-state index contributed by atoms with van der Waals surface area (Å²) in [6, 6.07) is -0.612. The van der Waals surface area contributed by atoms with Gasteiger partial charge in [-0.1, -0.05) is 27.7 Å². The first kappa shape index (κ1) is 21.7. The fourth-order valence-corrected chi connectivity index (χ4v) is 8.78. The van der Waals surface area contributed by atoms with Crippen molar-refractivity contribution in [3.05, 3.63) is 0 Å². The lowest BCUT2D eigenvalue weighted by Crippen LogP contribution is -2.67. The molecule has 11 heteroatoms. The Kier molecular flexibility index (Phi) is 3.76. The van der Waals surface area contributed by atoms with E-state index >= 15 is 0 Å². The first-order valence-corrected chi connectivity index (χ1v) is 11.4. The normalized spacial score (nSPS) is 58.0. The highest BCUT2D eigenvalue weighted by Crippen LogP contribution is 2.84. The lowest BCUT2D eigenvalue weighted by molar-refractivity contribution is -0.240. The van der Waals surface area contributed by atoms with Crippen LogP contribution in [0.2, 0.25) is 0 Å². The monoisotopic (exact) mass is 467 g/mol. The summed E-state index contributed by atoms with van der Waals surface area (Å²) in [5.74, 6) is -4.53. The van der Waals surface area contributed by atoms with Crippen molar-refractivity contribution in [1.29, 1.82) is 0 Å². The third-order valence-electron chi connectivity index (χ3n) is 9.42. The first-order chi connectivity index (χ1) is 15.3. The average molecular weight is 467 g/mol. The maximum atomic E-state index is 13.7. The molecule has 4 N–H and O–H groups in total. The molecule has 6 aliphatic rings. The average Bonchev–Trinajstić information content (AvgIpc) is 3.41. The van der Waals surface area contributed by atoms with E-state index in [1.54, 1.807) is 0 Å². The van der Waals surface area contributed by atoms with E-state index in [1.165, 1.54) is 6.92 Å². The zero-order valence-electron chi connectivity index (χ0n) is 19.0. The van der Waals surface area contributed by atoms with Gasteiger partial charge >= 0.3 is 17.9 Å². The Labute approximate surface area is 189 Å². The molecule has 12 atom stereocenters. The molecule has 6 fully saturated rings. The fourth-order valence-electron chi connectivity index (χ4n) is 8.78. The Morgan fingerprint density at radius 1 is 1.03 bits per heavy atom. The number of carbonyl (C=O) groups is 3. The lowest BCUT2D eigenvalue weighted by Gasteiger charge is -2.47. The van der Waals surface area contributed by atoms with Crippen molar-refractivity contribution in [3.63, 3.8) is 0 Å². The quantitative estimate of drug-likeness (QED) is 0.268. The van der Waals surface area contributed by atoms with Crippen molar-refractivity contribution < 1.29 is 48.7 Å². The predicted molar refractivity (Wildman–Crippen MR) is 105 cm³/mol. The van der Waals surface area contributed by atoms with E-state index in [0.717, 1.165) is 0 Å². The van der Waals surface area contributed by atoms with E-state index < -0.39 is 93.9 Å². The Balaban J connectivity index is 1.74. The second-order valence-corrected chi connectivity index (χ2v) is 11.4. The van der Waals surface area contributed by atoms with Gasteiger partial charge in [-0.05, 0) is 24.8 Å². The number of ether oxygens (including phenoxy) is 4. The molecule has 6 rings (SSSR count). The van der Waals surface area contributed by atoms with Crippen LogP contribution < -0.4 is 5.32 Å². The molecular weight excluding hydrogens is 438 g/mol. The van der Waals surface area contributed by atoms with Crippen molar-refractivity contribution in [3.8, 4) is 0 Å². The summed E-state index contributed by atoms with van der Waals surface area (Å²) in [4.78, 5) is 39.0. The van der Waals surface area contributed by atoms with Gasteiger partial charge in [0.1, 0.15) is 12.2 Å². The summed E-state index contributed by atoms with van der Waals surface area (Å²) >= 11 is 0. The van der Waals surface area contributed by atoms with Gasteiger partial charge < -0.3 is 39.6 Å². The van der Waals surface area contributed by atoms with Gasteiger partial charge in [-0.3, -0.25) is 4.79 Å². The second-order valence-electron chi connectivity index (χ2n) is 11.4. The number of aliphatic hydroxyl groups is 3. The van der Waals surface area contributed by atoms with Crippen LogP contribution in [0.15, 0.2) is 0 Å². The van der Waals surface area contributed by atoms with Crippen LogP contribution in [0, 0.1) is 28.1 Å². The van der Waals surface area contributed by atoms with Crippen molar-refractivity contribution in [2.45, 2.75) is 82.6 Å². The Hall–Kier alpha value is -1.79. The van der Waals surface area contributed by atoms with Gasteiger partial charge in [-0.25, -0.2) is 9.59 Å². The van der Waals surface area contributed by atoms with Crippen LogP contribution in [0.5, 0.6) is 0 Å². The number of esters is 3. The molecule has 2 aliphatic carbocycles. The van der Waals surface area contributed by atoms with Crippen molar-refractivity contribution in [2.75, 3.05) is 6.54 Å². The smallest absolute Gasteiger partial charge is 0.343 e. The van der Waals surface area contributed by atoms with Crippen LogP contribution in [-0.2, 0) is 33.3 Å². The molecule has 11 nitrogen and oxygen atoms in total. The molecule has 4 aliphatic heterocycles. The van der Waals surface area contributed by atoms with Gasteiger partial charge in [0.05, 0.1) is 16.7 Å². The molecule has 33 heavy (non-hydrogen) atoms. The summed E-state index contributed by atoms with van der Waals surface area (Å²) in [6.45, 7) is 9.49. The number of rotatable bonds is 2. The predicted octanol–water partition coefficient (Wildman–Crippen LogP) is -1.78. The highest BCUT2D eigenvalue weighted by molar-refractivity contribution is 5.94. The Morgan fingerprint density at radius 3 is 2.30 bits per heavy atom. The van der Waals surface area contributed by atoms with E-state index in [9.17, 15) is 29.7 Å². The molecule has 0 bridgehead atoms. The van der Waals surface area contributed by atoms with Crippen LogP contribution >= 0.6 is 0 Å². The highest BCUT2D eigenvalue weighted by atomic mass is 16.8. The first-order valence-electron chi connectivity index (χ1n) is 11.4. The minimum atomic E-state index is -2.29. The summed E-state index contributed by atoms with van der Waals surface area (Å²) in [6.07, 6.45) is -7.46. The molecular formula is C22H29NO10. The molecule has 182 valence electrons. The zero-order chi connectivity index (χ0) is 24.1. The van der Waals surface area contributed by atoms with Gasteiger partial charge in [0, 0.05) is 6.04 Å². The number of fused-ring (bicyclic) bond motifs is 1. The molecule has 0 aromatic rings. The number of hydrogen-bond donors (Lipinski definition) is 4. The fraction of sp³-hybridized carbons (Fsp3) is 0.864. The van der Waals surface area contributed by atoms with Crippen LogP contribution in [0.4, 0.5) is 0 Å². The topological polar surface area (TPSA) is 161 Å². The molecule has 0 unspecified atom stereocenters. The largest absolute Gasteiger partial charge is 0.458 e. The molecule has 2 spiro atoms. The van der Waals surface area contributed by atoms with Crippen molar-refractivity contribution in [2.24, 2.45) is 28.1 Å². The third-order valence-corrected chi connectivity index (χ3v) is 9.42. The molecule has 4 saturated heterocycles. The van der Waals surface area contributed by atoms with E-state index in [1.807, 2.05) is 27.7 Å². The Bertz CT molecular complexity index is 994. The molecule has 0 aromatic carbocycles.